The molecule has 0 aromatic carbocycles. The Morgan fingerprint density at radius 2 is 2.43 bits per heavy atom. The highest BCUT2D eigenvalue weighted by atomic mass is 32.1. The number of nitrogens with zero attached hydrogens (tertiary/aromatic N) is 1. The molecule has 1 aromatic heterocycles. The molecular weight excluding hydrogens is 198 g/mol. The van der Waals surface area contributed by atoms with Crippen molar-refractivity contribution >= 4 is 23.5 Å². The van der Waals surface area contributed by atoms with Gasteiger partial charge in [0.25, 0.3) is 0 Å². The van der Waals surface area contributed by atoms with Crippen LogP contribution in [0.3, 0.4) is 0 Å². The van der Waals surface area contributed by atoms with E-state index < -0.39 is 0 Å². The minimum atomic E-state index is -0.167. The predicted molar refractivity (Wildman–Crippen MR) is 56.3 cm³/mol. The zero-order valence-corrected chi connectivity index (χ0v) is 8.93. The summed E-state index contributed by atoms with van der Waals surface area (Å²) in [6, 6.07) is 1.78. The first-order valence-electron chi connectivity index (χ1n) is 4.38. The van der Waals surface area contributed by atoms with Gasteiger partial charge in [0.1, 0.15) is 6.61 Å². The number of carbonyl (C=O) groups is 1. The van der Waals surface area contributed by atoms with Crippen LogP contribution >= 0.6 is 11.3 Å². The molecule has 0 aliphatic carbocycles. The molecule has 3 nitrogen and oxygen atoms in total. The molecule has 0 radical (unpaired) electrons. The van der Waals surface area contributed by atoms with Gasteiger partial charge in [-0.3, -0.25) is 4.79 Å². The molecule has 1 aromatic rings. The lowest BCUT2D eigenvalue weighted by molar-refractivity contribution is 0.112. The normalized spacial score (nSPS) is 18.9. The molecule has 0 bridgehead atoms. The summed E-state index contributed by atoms with van der Waals surface area (Å²) in [5, 5.41) is 1.87. The Morgan fingerprint density at radius 3 is 3.00 bits per heavy atom. The summed E-state index contributed by atoms with van der Waals surface area (Å²) in [4.78, 5) is 16.0. The van der Waals surface area contributed by atoms with Gasteiger partial charge in [-0.05, 0) is 25.3 Å². The Bertz CT molecular complexity index is 393. The SMILES string of the molecule is CC1(C)COC(c2sccc2C=O)=N1. The Morgan fingerprint density at radius 1 is 1.64 bits per heavy atom. The molecule has 14 heavy (non-hydrogen) atoms. The fourth-order valence-electron chi connectivity index (χ4n) is 1.29. The minimum absolute atomic E-state index is 0.167. The third-order valence-corrected chi connectivity index (χ3v) is 2.90. The van der Waals surface area contributed by atoms with Crippen LogP contribution in [0.25, 0.3) is 0 Å². The van der Waals surface area contributed by atoms with Crippen LogP contribution in [0, 0.1) is 0 Å². The first-order valence-corrected chi connectivity index (χ1v) is 5.26. The number of rotatable bonds is 2. The number of ether oxygens (including phenoxy) is 1. The Hall–Kier alpha value is -1.16. The molecule has 4 heteroatoms. The summed E-state index contributed by atoms with van der Waals surface area (Å²) in [5.41, 5.74) is 0.492. The second-order valence-electron chi connectivity index (χ2n) is 3.84. The molecule has 0 spiro atoms. The molecule has 0 saturated heterocycles. The molecular formula is C10H11NO2S. The van der Waals surface area contributed by atoms with E-state index in [1.165, 1.54) is 11.3 Å². The van der Waals surface area contributed by atoms with Gasteiger partial charge < -0.3 is 4.74 Å². The molecule has 1 aliphatic rings. The molecule has 0 amide bonds. The Kier molecular flexibility index (Phi) is 2.15. The summed E-state index contributed by atoms with van der Waals surface area (Å²) in [7, 11) is 0. The number of hydrogen-bond donors (Lipinski definition) is 0. The van der Waals surface area contributed by atoms with Crippen molar-refractivity contribution in [2.24, 2.45) is 4.99 Å². The number of aldehydes is 1. The van der Waals surface area contributed by atoms with Crippen LogP contribution in [0.1, 0.15) is 29.1 Å². The van der Waals surface area contributed by atoms with Gasteiger partial charge in [0.05, 0.1) is 10.4 Å². The predicted octanol–water partition coefficient (Wildman–Crippen LogP) is 2.12. The van der Waals surface area contributed by atoms with Crippen LogP contribution < -0.4 is 0 Å². The second-order valence-corrected chi connectivity index (χ2v) is 4.76. The summed E-state index contributed by atoms with van der Waals surface area (Å²) in [6.45, 7) is 4.60. The Labute approximate surface area is 86.4 Å². The number of hydrogen-bond acceptors (Lipinski definition) is 4. The van der Waals surface area contributed by atoms with E-state index in [2.05, 4.69) is 4.99 Å². The highest BCUT2D eigenvalue weighted by Gasteiger charge is 2.28. The van der Waals surface area contributed by atoms with Crippen LogP contribution in [0.5, 0.6) is 0 Å². The highest BCUT2D eigenvalue weighted by Crippen LogP contribution is 2.25. The summed E-state index contributed by atoms with van der Waals surface area (Å²) in [5.74, 6) is 0.604. The van der Waals surface area contributed by atoms with Crippen molar-refractivity contribution in [3.8, 4) is 0 Å². The van der Waals surface area contributed by atoms with Crippen molar-refractivity contribution < 1.29 is 9.53 Å². The molecule has 2 heterocycles. The van der Waals surface area contributed by atoms with Gasteiger partial charge in [-0.25, -0.2) is 4.99 Å². The molecule has 2 rings (SSSR count). The van der Waals surface area contributed by atoms with Gasteiger partial charge in [-0.1, -0.05) is 0 Å². The lowest BCUT2D eigenvalue weighted by Gasteiger charge is -2.07. The van der Waals surface area contributed by atoms with E-state index in [4.69, 9.17) is 4.74 Å². The third kappa shape index (κ3) is 1.57. The summed E-state index contributed by atoms with van der Waals surface area (Å²) < 4.78 is 5.46. The average Bonchev–Trinajstić information content (AvgIpc) is 2.70. The maximum Gasteiger partial charge on any atom is 0.227 e. The van der Waals surface area contributed by atoms with Crippen molar-refractivity contribution in [1.29, 1.82) is 0 Å². The average molecular weight is 209 g/mol. The van der Waals surface area contributed by atoms with Crippen molar-refractivity contribution in [2.45, 2.75) is 19.4 Å². The van der Waals surface area contributed by atoms with Gasteiger partial charge in [-0.2, -0.15) is 0 Å². The zero-order valence-electron chi connectivity index (χ0n) is 8.11. The van der Waals surface area contributed by atoms with Crippen LogP contribution in [0.2, 0.25) is 0 Å². The van der Waals surface area contributed by atoms with Crippen LogP contribution in [0.15, 0.2) is 16.4 Å². The van der Waals surface area contributed by atoms with E-state index in [9.17, 15) is 4.79 Å². The zero-order chi connectivity index (χ0) is 10.2. The largest absolute Gasteiger partial charge is 0.474 e. The third-order valence-electron chi connectivity index (χ3n) is 1.98. The van der Waals surface area contributed by atoms with Crippen molar-refractivity contribution in [3.05, 3.63) is 21.9 Å². The molecule has 74 valence electrons. The first-order chi connectivity index (χ1) is 6.62. The maximum atomic E-state index is 10.7. The summed E-state index contributed by atoms with van der Waals surface area (Å²) in [6.07, 6.45) is 0.836. The van der Waals surface area contributed by atoms with E-state index in [-0.39, 0.29) is 5.54 Å². The van der Waals surface area contributed by atoms with Gasteiger partial charge in [0, 0.05) is 5.56 Å². The standard InChI is InChI=1S/C10H11NO2S/c1-10(2)6-13-9(11-10)8-7(5-12)3-4-14-8/h3-5H,6H2,1-2H3. The minimum Gasteiger partial charge on any atom is -0.474 e. The molecule has 0 unspecified atom stereocenters. The molecule has 0 atom stereocenters. The maximum absolute atomic E-state index is 10.7. The molecule has 0 saturated carbocycles. The van der Waals surface area contributed by atoms with Crippen LogP contribution in [-0.4, -0.2) is 24.3 Å². The summed E-state index contributed by atoms with van der Waals surface area (Å²) >= 11 is 1.49. The fourth-order valence-corrected chi connectivity index (χ4v) is 2.09. The smallest absolute Gasteiger partial charge is 0.227 e. The fraction of sp³-hybridized carbons (Fsp3) is 0.400. The second kappa shape index (κ2) is 3.20. The van der Waals surface area contributed by atoms with E-state index >= 15 is 0 Å². The van der Waals surface area contributed by atoms with Crippen molar-refractivity contribution in [1.82, 2.24) is 0 Å². The van der Waals surface area contributed by atoms with Gasteiger partial charge in [-0.15, -0.1) is 11.3 Å². The topological polar surface area (TPSA) is 38.7 Å². The number of thiophene rings is 1. The van der Waals surface area contributed by atoms with Crippen molar-refractivity contribution in [2.75, 3.05) is 6.61 Å². The lowest BCUT2D eigenvalue weighted by atomic mass is 10.1. The molecule has 1 aliphatic heterocycles. The molecule has 0 fully saturated rings. The monoisotopic (exact) mass is 209 g/mol. The lowest BCUT2D eigenvalue weighted by Crippen LogP contribution is -2.17. The van der Waals surface area contributed by atoms with Gasteiger partial charge in [0.15, 0.2) is 6.29 Å². The highest BCUT2D eigenvalue weighted by molar-refractivity contribution is 7.12. The number of aliphatic imine (C=N–C) groups is 1. The molecule has 0 N–H and O–H groups in total. The van der Waals surface area contributed by atoms with E-state index in [1.54, 1.807) is 6.07 Å². The van der Waals surface area contributed by atoms with Gasteiger partial charge in [0.2, 0.25) is 5.90 Å². The van der Waals surface area contributed by atoms with E-state index in [0.717, 1.165) is 11.2 Å². The van der Waals surface area contributed by atoms with E-state index in [1.807, 2.05) is 19.2 Å². The Balaban J connectivity index is 2.37. The van der Waals surface area contributed by atoms with Crippen LogP contribution in [0.4, 0.5) is 0 Å². The number of carbonyl (C=O) groups excluding carboxylic acids is 1. The van der Waals surface area contributed by atoms with Crippen LogP contribution in [-0.2, 0) is 4.74 Å². The van der Waals surface area contributed by atoms with Gasteiger partial charge >= 0.3 is 0 Å². The first kappa shape index (κ1) is 9.40. The van der Waals surface area contributed by atoms with Crippen molar-refractivity contribution in [3.63, 3.8) is 0 Å². The quantitative estimate of drug-likeness (QED) is 0.700. The van der Waals surface area contributed by atoms with E-state index in [0.29, 0.717) is 18.1 Å².